The maximum Gasteiger partial charge on any atom is 0.296 e. The smallest absolute Gasteiger partial charge is 0.296 e. The first-order valence-electron chi connectivity index (χ1n) is 12.8. The van der Waals surface area contributed by atoms with Gasteiger partial charge in [-0.1, -0.05) is 15.1 Å². The first-order chi connectivity index (χ1) is 23.9. The molecule has 268 valence electrons. The third-order valence-corrected chi connectivity index (χ3v) is 10.2. The van der Waals surface area contributed by atoms with E-state index in [0.29, 0.717) is 24.1 Å². The average molecular weight is 796 g/mol. The Morgan fingerprint density at radius 1 is 0.740 bits per heavy atom. The normalized spacial score (nSPS) is 12.5. The molecule has 7 N–H and O–H groups in total. The molecule has 0 fully saturated rings. The summed E-state index contributed by atoms with van der Waals surface area (Å²) in [4.78, 5) is -0.635. The number of hydrogen-bond donors (Lipinski definition) is 6. The topological polar surface area (TPSA) is 310 Å². The van der Waals surface area contributed by atoms with Crippen LogP contribution in [0.25, 0.3) is 10.8 Å². The molecule has 0 aliphatic rings. The van der Waals surface area contributed by atoms with Crippen molar-refractivity contribution in [3.63, 3.8) is 0 Å². The number of nitrogen functional groups attached to an aromatic ring is 1. The molecule has 21 nitrogen and oxygen atoms in total. The van der Waals surface area contributed by atoms with Crippen LogP contribution in [0.15, 0.2) is 101 Å². The van der Waals surface area contributed by atoms with Crippen molar-refractivity contribution in [2.45, 2.75) is 19.6 Å². The van der Waals surface area contributed by atoms with E-state index in [1.54, 1.807) is 0 Å². The molecular formula is C24H21N5O16S5. The summed E-state index contributed by atoms with van der Waals surface area (Å²) in [6, 6.07) is 12.8. The van der Waals surface area contributed by atoms with Gasteiger partial charge in [-0.25, -0.2) is 24.2 Å². The largest absolute Gasteiger partial charge is 0.505 e. The van der Waals surface area contributed by atoms with Gasteiger partial charge in [0.15, 0.2) is 27.9 Å². The molecule has 4 aromatic carbocycles. The second-order valence-corrected chi connectivity index (χ2v) is 14.5. The Kier molecular flexibility index (Phi) is 14.2. The second kappa shape index (κ2) is 18.1. The number of anilines is 1. The molecule has 0 radical (unpaired) electrons. The highest BCUT2D eigenvalue weighted by Gasteiger charge is 2.21. The number of fused-ring (bicyclic) bond motifs is 1. The van der Waals surface area contributed by atoms with Gasteiger partial charge in [0.05, 0.1) is 57.6 Å². The summed E-state index contributed by atoms with van der Waals surface area (Å²) in [7, 11) is -8.58. The average Bonchev–Trinajstić information content (AvgIpc) is 3.08. The summed E-state index contributed by atoms with van der Waals surface area (Å²) < 4.78 is 76.3. The third-order valence-electron chi connectivity index (χ3n) is 6.02. The Morgan fingerprint density at radius 3 is 2.10 bits per heavy atom. The Labute approximate surface area is 293 Å². The zero-order valence-electron chi connectivity index (χ0n) is 24.3. The predicted molar refractivity (Wildman–Crippen MR) is 173 cm³/mol. The molecule has 4 aromatic rings. The minimum absolute atomic E-state index is 0.0398. The summed E-state index contributed by atoms with van der Waals surface area (Å²) >= 11 is 1.05. The minimum Gasteiger partial charge on any atom is -0.505 e. The van der Waals surface area contributed by atoms with Crippen LogP contribution in [0.5, 0.6) is 5.75 Å². The van der Waals surface area contributed by atoms with Crippen molar-refractivity contribution in [2.75, 3.05) is 18.1 Å². The van der Waals surface area contributed by atoms with Crippen LogP contribution in [0, 0.1) is 0 Å². The van der Waals surface area contributed by atoms with Crippen LogP contribution in [-0.4, -0.2) is 54.6 Å². The van der Waals surface area contributed by atoms with Gasteiger partial charge in [-0.3, -0.25) is 8.74 Å². The van der Waals surface area contributed by atoms with Gasteiger partial charge >= 0.3 is 0 Å². The number of nitrogens with two attached hydrogens (primary N) is 1. The molecule has 0 bridgehead atoms. The van der Waals surface area contributed by atoms with Crippen LogP contribution in [-0.2, 0) is 52.3 Å². The van der Waals surface area contributed by atoms with Crippen LogP contribution < -0.4 is 5.73 Å². The number of nitrogens with zero attached hydrogens (tertiary/aromatic N) is 4. The number of phenolic OH excluding ortho intramolecular Hbond substituents is 1. The zero-order chi connectivity index (χ0) is 36.3. The highest BCUT2D eigenvalue weighted by atomic mass is 32.2. The number of aromatic hydroxyl groups is 1. The highest BCUT2D eigenvalue weighted by molar-refractivity contribution is 7.95. The van der Waals surface area contributed by atoms with Crippen molar-refractivity contribution in [1.29, 1.82) is 0 Å². The van der Waals surface area contributed by atoms with Gasteiger partial charge in [0.25, 0.3) is 10.1 Å². The number of phenols is 1. The molecule has 50 heavy (non-hydrogen) atoms. The molecule has 0 amide bonds. The molecular weight excluding hydrogens is 775 g/mol. The van der Waals surface area contributed by atoms with E-state index in [2.05, 4.69) is 48.6 Å². The number of hydrogen-bond acceptors (Lipinski definition) is 23. The summed E-state index contributed by atoms with van der Waals surface area (Å²) in [6.07, 6.45) is 0. The Balaban J connectivity index is 1.70. The van der Waals surface area contributed by atoms with Gasteiger partial charge in [0, 0.05) is 15.7 Å². The van der Waals surface area contributed by atoms with Crippen molar-refractivity contribution in [1.82, 2.24) is 0 Å². The lowest BCUT2D eigenvalue weighted by atomic mass is 10.1. The van der Waals surface area contributed by atoms with E-state index in [1.165, 1.54) is 48.5 Å². The number of rotatable bonds is 18. The van der Waals surface area contributed by atoms with Crippen molar-refractivity contribution in [3.05, 3.63) is 60.7 Å². The Bertz CT molecular complexity index is 2090. The van der Waals surface area contributed by atoms with E-state index in [1.807, 2.05) is 0 Å². The minimum atomic E-state index is -4.82. The van der Waals surface area contributed by atoms with Gasteiger partial charge in [0.2, 0.25) is 0 Å². The van der Waals surface area contributed by atoms with Gasteiger partial charge < -0.3 is 10.8 Å². The Hall–Kier alpha value is -3.55. The fourth-order valence-electron chi connectivity index (χ4n) is 3.90. The van der Waals surface area contributed by atoms with Gasteiger partial charge in [-0.05, 0) is 60.7 Å². The standard InChI is InChI=1S/C24H21N5O16S5/c25-18-7-6-16-17(22(18)28-26-13-1-4-15(5-2-13)49(34,35)10-9-39-48-45-42-33)12-20(47-44-41-32)23(24(16)30)29-27-19-11-14(46-43-40-31)3-8-21(19)50(36,37)38/h1-8,11-12,30-33H,9-10,25H2,(H,36,37,38). The summed E-state index contributed by atoms with van der Waals surface area (Å²) in [5, 5.41) is 63.4. The van der Waals surface area contributed by atoms with E-state index in [0.717, 1.165) is 12.1 Å². The highest BCUT2D eigenvalue weighted by Crippen LogP contribution is 2.48. The quantitative estimate of drug-likeness (QED) is 0.0114. The number of benzene rings is 4. The molecule has 0 unspecified atom stereocenters. The first-order valence-corrected chi connectivity index (χ1v) is 18.1. The number of azo groups is 2. The van der Waals surface area contributed by atoms with Gasteiger partial charge in [0.1, 0.15) is 22.0 Å². The molecule has 0 aromatic heterocycles. The van der Waals surface area contributed by atoms with Crippen molar-refractivity contribution >= 4 is 95.6 Å². The van der Waals surface area contributed by atoms with Gasteiger partial charge in [-0.15, -0.1) is 28.3 Å². The zero-order valence-corrected chi connectivity index (χ0v) is 28.4. The fourth-order valence-corrected chi connectivity index (χ4v) is 6.80. The van der Waals surface area contributed by atoms with Crippen LogP contribution in [0.3, 0.4) is 0 Å². The molecule has 0 spiro atoms. The summed E-state index contributed by atoms with van der Waals surface area (Å²) in [5.74, 6) is -0.962. The van der Waals surface area contributed by atoms with E-state index in [-0.39, 0.29) is 67.1 Å². The fraction of sp³-hybridized carbons (Fsp3) is 0.0833. The molecule has 0 saturated heterocycles. The van der Waals surface area contributed by atoms with Crippen LogP contribution in [0.2, 0.25) is 0 Å². The monoisotopic (exact) mass is 795 g/mol. The lowest BCUT2D eigenvalue weighted by molar-refractivity contribution is -0.434. The summed E-state index contributed by atoms with van der Waals surface area (Å²) in [5.41, 5.74) is 5.77. The molecule has 26 heteroatoms. The Morgan fingerprint density at radius 2 is 1.42 bits per heavy atom. The predicted octanol–water partition coefficient (Wildman–Crippen LogP) is 6.84. The van der Waals surface area contributed by atoms with Crippen molar-refractivity contribution in [3.8, 4) is 5.75 Å². The summed E-state index contributed by atoms with van der Waals surface area (Å²) in [6.45, 7) is -0.279. The first kappa shape index (κ1) is 39.2. The van der Waals surface area contributed by atoms with Crippen LogP contribution >= 0.6 is 36.4 Å². The molecule has 0 aliphatic heterocycles. The van der Waals surface area contributed by atoms with E-state index >= 15 is 0 Å². The molecule has 0 heterocycles. The molecule has 0 atom stereocenters. The van der Waals surface area contributed by atoms with E-state index in [9.17, 15) is 26.5 Å². The van der Waals surface area contributed by atoms with Crippen molar-refractivity contribution in [2.24, 2.45) is 20.5 Å². The van der Waals surface area contributed by atoms with Gasteiger partial charge in [-0.2, -0.15) is 13.5 Å². The molecule has 0 aliphatic carbocycles. The second-order valence-electron chi connectivity index (χ2n) is 8.97. The third kappa shape index (κ3) is 10.3. The maximum absolute atomic E-state index is 12.5. The van der Waals surface area contributed by atoms with Crippen molar-refractivity contribution < 1.29 is 74.6 Å². The van der Waals surface area contributed by atoms with E-state index < -0.39 is 42.0 Å². The molecule has 0 saturated carbocycles. The maximum atomic E-state index is 12.5. The van der Waals surface area contributed by atoms with E-state index in [4.69, 9.17) is 25.7 Å². The van der Waals surface area contributed by atoms with Crippen LogP contribution in [0.4, 0.5) is 28.4 Å². The number of sulfone groups is 1. The lowest BCUT2D eigenvalue weighted by Crippen LogP contribution is -2.10. The van der Waals surface area contributed by atoms with Crippen LogP contribution in [0.1, 0.15) is 0 Å². The SMILES string of the molecule is Nc1ccc2c(O)c(N=Nc3cc(SOOO)ccc3S(=O)(=O)O)c(SOOO)cc2c1N=Nc1ccc(S(=O)(=O)CCOSOOO)cc1. The molecule has 4 rings (SSSR count). The lowest BCUT2D eigenvalue weighted by Gasteiger charge is -2.12.